The number of unbranched alkanes of at least 4 members (excludes halogenated alkanes) is 14. The fourth-order valence-electron chi connectivity index (χ4n) is 4.08. The lowest BCUT2D eigenvalue weighted by molar-refractivity contribution is 0.385. The predicted octanol–water partition coefficient (Wildman–Crippen LogP) is 9.79. The Morgan fingerprint density at radius 3 is 1.50 bits per heavy atom. The summed E-state index contributed by atoms with van der Waals surface area (Å²) in [6, 6.07) is 0. The molecule has 0 aromatic rings. The van der Waals surface area contributed by atoms with Crippen molar-refractivity contribution in [1.29, 1.82) is 0 Å². The smallest absolute Gasteiger partial charge is 0.0274 e. The normalized spacial score (nSPS) is 12.1. The Labute approximate surface area is 166 Å². The van der Waals surface area contributed by atoms with Gasteiger partial charge in [0.1, 0.15) is 0 Å². The van der Waals surface area contributed by atoms with Crippen LogP contribution in [0.4, 0.5) is 0 Å². The summed E-state index contributed by atoms with van der Waals surface area (Å²) < 4.78 is 0. The molecule has 0 bridgehead atoms. The lowest BCUT2D eigenvalue weighted by Crippen LogP contribution is -2.00. The minimum atomic E-state index is 0.968. The van der Waals surface area contributed by atoms with Crippen LogP contribution in [-0.4, -0.2) is 0 Å². The summed E-state index contributed by atoms with van der Waals surface area (Å²) in [5, 5.41) is 0. The molecule has 0 heteroatoms. The zero-order chi connectivity index (χ0) is 19.1. The van der Waals surface area contributed by atoms with E-state index in [9.17, 15) is 0 Å². The molecular weight excluding hydrogens is 312 g/mol. The van der Waals surface area contributed by atoms with Gasteiger partial charge < -0.3 is 0 Å². The topological polar surface area (TPSA) is 0 Å². The molecule has 26 heavy (non-hydrogen) atoms. The van der Waals surface area contributed by atoms with E-state index in [1.807, 2.05) is 0 Å². The summed E-state index contributed by atoms with van der Waals surface area (Å²) in [5.74, 6) is 0.968. The average molecular weight is 363 g/mol. The molecule has 0 fully saturated rings. The van der Waals surface area contributed by atoms with E-state index in [0.717, 1.165) is 5.92 Å². The van der Waals surface area contributed by atoms with Crippen LogP contribution >= 0.6 is 0 Å². The van der Waals surface area contributed by atoms with Crippen molar-refractivity contribution in [2.75, 3.05) is 0 Å². The van der Waals surface area contributed by atoms with Crippen LogP contribution in [0.15, 0.2) is 18.4 Å². The van der Waals surface area contributed by atoms with E-state index in [2.05, 4.69) is 32.2 Å². The maximum absolute atomic E-state index is 3.65. The quantitative estimate of drug-likeness (QED) is 0.141. The number of hydrogen-bond acceptors (Lipinski definition) is 0. The van der Waals surface area contributed by atoms with Gasteiger partial charge in [0.2, 0.25) is 0 Å². The van der Waals surface area contributed by atoms with E-state index >= 15 is 0 Å². The van der Waals surface area contributed by atoms with Crippen molar-refractivity contribution in [2.45, 2.75) is 142 Å². The SMILES string of the molecule is C=C=CCCCC(CCC)CCCCCCCCCCCCCCCC. The monoisotopic (exact) mass is 362 g/mol. The third-order valence-corrected chi connectivity index (χ3v) is 5.77. The first kappa shape index (κ1) is 25.5. The van der Waals surface area contributed by atoms with Crippen molar-refractivity contribution in [1.82, 2.24) is 0 Å². The molecule has 0 N–H and O–H groups in total. The fraction of sp³-hybridized carbons (Fsp3) is 0.885. The van der Waals surface area contributed by atoms with Gasteiger partial charge in [-0.3, -0.25) is 0 Å². The van der Waals surface area contributed by atoms with Gasteiger partial charge in [0.25, 0.3) is 0 Å². The Morgan fingerprint density at radius 2 is 1.04 bits per heavy atom. The third kappa shape index (κ3) is 19.8. The molecule has 1 unspecified atom stereocenters. The van der Waals surface area contributed by atoms with Crippen molar-refractivity contribution in [3.8, 4) is 0 Å². The first-order valence-electron chi connectivity index (χ1n) is 12.2. The Balaban J connectivity index is 3.32. The van der Waals surface area contributed by atoms with Gasteiger partial charge in [-0.2, -0.15) is 0 Å². The van der Waals surface area contributed by atoms with Gasteiger partial charge >= 0.3 is 0 Å². The van der Waals surface area contributed by atoms with Crippen LogP contribution in [-0.2, 0) is 0 Å². The van der Waals surface area contributed by atoms with Gasteiger partial charge in [-0.25, -0.2) is 0 Å². The van der Waals surface area contributed by atoms with E-state index in [0.29, 0.717) is 0 Å². The number of hydrogen-bond donors (Lipinski definition) is 0. The van der Waals surface area contributed by atoms with Gasteiger partial charge in [0, 0.05) is 0 Å². The molecule has 0 aliphatic carbocycles. The summed E-state index contributed by atoms with van der Waals surface area (Å²) in [6.07, 6.45) is 30.7. The summed E-state index contributed by atoms with van der Waals surface area (Å²) in [6.45, 7) is 8.29. The molecule has 0 aliphatic rings. The zero-order valence-electron chi connectivity index (χ0n) is 18.5. The molecule has 0 nitrogen and oxygen atoms in total. The number of allylic oxidation sites excluding steroid dienone is 1. The maximum atomic E-state index is 3.65. The van der Waals surface area contributed by atoms with Crippen molar-refractivity contribution in [3.63, 3.8) is 0 Å². The van der Waals surface area contributed by atoms with E-state index in [4.69, 9.17) is 0 Å². The van der Waals surface area contributed by atoms with Gasteiger partial charge in [-0.1, -0.05) is 136 Å². The Hall–Kier alpha value is -0.480. The second-order valence-electron chi connectivity index (χ2n) is 8.38. The Kier molecular flexibility index (Phi) is 22.1. The zero-order valence-corrected chi connectivity index (χ0v) is 18.5. The molecule has 0 heterocycles. The van der Waals surface area contributed by atoms with Crippen LogP contribution in [0.1, 0.15) is 142 Å². The van der Waals surface area contributed by atoms with E-state index in [-0.39, 0.29) is 0 Å². The first-order chi connectivity index (χ1) is 12.8. The molecule has 0 amide bonds. The van der Waals surface area contributed by atoms with Gasteiger partial charge in [-0.15, -0.1) is 5.73 Å². The van der Waals surface area contributed by atoms with Crippen LogP contribution < -0.4 is 0 Å². The highest BCUT2D eigenvalue weighted by atomic mass is 14.1. The summed E-state index contributed by atoms with van der Waals surface area (Å²) in [5.41, 5.74) is 2.90. The molecule has 0 rings (SSSR count). The Morgan fingerprint density at radius 1 is 0.577 bits per heavy atom. The standard InChI is InChI=1S/C26H50/c1-4-7-9-11-12-13-14-15-16-17-18-19-20-22-25-26(23-6-3)24-21-10-8-5-2/h8,26H,2,4,6-7,9-25H2,1,3H3. The lowest BCUT2D eigenvalue weighted by atomic mass is 9.91. The van der Waals surface area contributed by atoms with Crippen LogP contribution in [0.2, 0.25) is 0 Å². The predicted molar refractivity (Wildman–Crippen MR) is 121 cm³/mol. The molecule has 154 valence electrons. The van der Waals surface area contributed by atoms with Crippen molar-refractivity contribution < 1.29 is 0 Å². The van der Waals surface area contributed by atoms with E-state index < -0.39 is 0 Å². The molecular formula is C26H50. The summed E-state index contributed by atoms with van der Waals surface area (Å²) >= 11 is 0. The van der Waals surface area contributed by atoms with E-state index in [1.165, 1.54) is 128 Å². The summed E-state index contributed by atoms with van der Waals surface area (Å²) in [7, 11) is 0. The van der Waals surface area contributed by atoms with Crippen LogP contribution in [0.25, 0.3) is 0 Å². The molecule has 0 aromatic heterocycles. The minimum absolute atomic E-state index is 0.968. The van der Waals surface area contributed by atoms with Crippen molar-refractivity contribution in [2.24, 2.45) is 5.92 Å². The second-order valence-corrected chi connectivity index (χ2v) is 8.38. The third-order valence-electron chi connectivity index (χ3n) is 5.77. The molecule has 0 radical (unpaired) electrons. The second kappa shape index (κ2) is 22.6. The van der Waals surface area contributed by atoms with Crippen LogP contribution in [0.3, 0.4) is 0 Å². The largest absolute Gasteiger partial charge is 0.133 e. The molecule has 0 aromatic carbocycles. The molecule has 0 saturated heterocycles. The highest BCUT2D eigenvalue weighted by Gasteiger charge is 2.06. The maximum Gasteiger partial charge on any atom is -0.0274 e. The van der Waals surface area contributed by atoms with Gasteiger partial charge in [-0.05, 0) is 24.8 Å². The van der Waals surface area contributed by atoms with Crippen molar-refractivity contribution >= 4 is 0 Å². The molecule has 0 saturated carbocycles. The highest BCUT2D eigenvalue weighted by Crippen LogP contribution is 2.22. The van der Waals surface area contributed by atoms with Crippen LogP contribution in [0.5, 0.6) is 0 Å². The molecule has 0 aliphatic heterocycles. The average Bonchev–Trinajstić information content (AvgIpc) is 2.65. The molecule has 0 spiro atoms. The van der Waals surface area contributed by atoms with E-state index in [1.54, 1.807) is 0 Å². The lowest BCUT2D eigenvalue weighted by Gasteiger charge is -2.15. The first-order valence-corrected chi connectivity index (χ1v) is 12.2. The minimum Gasteiger partial charge on any atom is -0.133 e. The summed E-state index contributed by atoms with van der Waals surface area (Å²) in [4.78, 5) is 0. The van der Waals surface area contributed by atoms with Gasteiger partial charge in [0.15, 0.2) is 0 Å². The fourth-order valence-corrected chi connectivity index (χ4v) is 4.08. The van der Waals surface area contributed by atoms with Crippen molar-refractivity contribution in [3.05, 3.63) is 18.4 Å². The van der Waals surface area contributed by atoms with Crippen LogP contribution in [0, 0.1) is 5.92 Å². The molecule has 1 atom stereocenters. The Bertz CT molecular complexity index is 297. The number of rotatable bonds is 21. The van der Waals surface area contributed by atoms with Gasteiger partial charge in [0.05, 0.1) is 0 Å². The highest BCUT2D eigenvalue weighted by molar-refractivity contribution is 4.75.